The van der Waals surface area contributed by atoms with E-state index in [2.05, 4.69) is 38.5 Å². The average molecular weight is 490 g/mol. The molecule has 182 valence electrons. The van der Waals surface area contributed by atoms with Gasteiger partial charge in [-0.15, -0.1) is 0 Å². The van der Waals surface area contributed by atoms with E-state index in [1.54, 1.807) is 24.5 Å². The van der Waals surface area contributed by atoms with Gasteiger partial charge in [0.05, 0.1) is 11.3 Å². The van der Waals surface area contributed by atoms with Gasteiger partial charge >= 0.3 is 0 Å². The van der Waals surface area contributed by atoms with Crippen LogP contribution >= 0.6 is 0 Å². The van der Waals surface area contributed by atoms with Crippen LogP contribution in [0.3, 0.4) is 0 Å². The monoisotopic (exact) mass is 489 g/mol. The van der Waals surface area contributed by atoms with Gasteiger partial charge in [-0.3, -0.25) is 19.8 Å². The minimum atomic E-state index is -0.177. The van der Waals surface area contributed by atoms with Gasteiger partial charge in [0.25, 0.3) is 5.56 Å². The summed E-state index contributed by atoms with van der Waals surface area (Å²) in [6.07, 6.45) is 3.99. The molecule has 9 nitrogen and oxygen atoms in total. The first-order chi connectivity index (χ1) is 18.2. The maximum absolute atomic E-state index is 13.4. The molecule has 0 saturated carbocycles. The largest absolute Gasteiger partial charge is 0.457 e. The van der Waals surface area contributed by atoms with Gasteiger partial charge in [0, 0.05) is 44.1 Å². The highest BCUT2D eigenvalue weighted by molar-refractivity contribution is 5.72. The second-order valence-electron chi connectivity index (χ2n) is 8.86. The number of pyridine rings is 1. The van der Waals surface area contributed by atoms with Crippen LogP contribution < -0.4 is 15.6 Å². The standard InChI is InChI=1S/C28H23N7O2/c29-16-23-26(31-20-6-8-21(9-7-20)37-22-10-13-30-14-11-22)33-35-27(23)32-25-12-15-34(18-24(25)28(35)36)17-19-4-2-1-3-5-19/h1-11,13-14,31,33H,12,15,17-18H2. The van der Waals surface area contributed by atoms with E-state index < -0.39 is 0 Å². The highest BCUT2D eigenvalue weighted by Gasteiger charge is 2.25. The van der Waals surface area contributed by atoms with Crippen LogP contribution in [0.5, 0.6) is 11.5 Å². The lowest BCUT2D eigenvalue weighted by molar-refractivity contribution is 0.241. The molecule has 1 aliphatic rings. The number of anilines is 2. The van der Waals surface area contributed by atoms with E-state index in [-0.39, 0.29) is 5.56 Å². The molecule has 9 heteroatoms. The molecule has 0 spiro atoms. The maximum atomic E-state index is 13.4. The fraction of sp³-hybridized carbons (Fsp3) is 0.143. The van der Waals surface area contributed by atoms with Crippen molar-refractivity contribution in [1.82, 2.24) is 24.5 Å². The van der Waals surface area contributed by atoms with Crippen molar-refractivity contribution in [3.8, 4) is 17.6 Å². The molecule has 0 radical (unpaired) electrons. The molecule has 6 rings (SSSR count). The number of aromatic amines is 1. The lowest BCUT2D eigenvalue weighted by Gasteiger charge is -2.27. The third-order valence-electron chi connectivity index (χ3n) is 6.38. The summed E-state index contributed by atoms with van der Waals surface area (Å²) < 4.78 is 7.18. The summed E-state index contributed by atoms with van der Waals surface area (Å²) in [6.45, 7) is 2.09. The predicted molar refractivity (Wildman–Crippen MR) is 139 cm³/mol. The summed E-state index contributed by atoms with van der Waals surface area (Å²) in [4.78, 5) is 24.4. The van der Waals surface area contributed by atoms with Crippen molar-refractivity contribution in [2.24, 2.45) is 0 Å². The Morgan fingerprint density at radius 2 is 1.78 bits per heavy atom. The lowest BCUT2D eigenvalue weighted by atomic mass is 10.1. The van der Waals surface area contributed by atoms with Gasteiger partial charge in [-0.25, -0.2) is 4.98 Å². The van der Waals surface area contributed by atoms with Crippen molar-refractivity contribution in [1.29, 1.82) is 5.26 Å². The highest BCUT2D eigenvalue weighted by atomic mass is 16.5. The Labute approximate surface area is 212 Å². The SMILES string of the molecule is N#Cc1c(Nc2ccc(Oc3ccncc3)cc2)[nH]n2c(=O)c3c(nc12)CCN(Cc1ccccc1)C3. The van der Waals surface area contributed by atoms with Gasteiger partial charge in [-0.2, -0.15) is 9.78 Å². The summed E-state index contributed by atoms with van der Waals surface area (Å²) in [5.41, 5.74) is 3.81. The molecule has 4 heterocycles. The van der Waals surface area contributed by atoms with E-state index in [0.717, 1.165) is 24.5 Å². The fourth-order valence-electron chi connectivity index (χ4n) is 4.55. The third-order valence-corrected chi connectivity index (χ3v) is 6.38. The summed E-state index contributed by atoms with van der Waals surface area (Å²) in [7, 11) is 0. The zero-order valence-corrected chi connectivity index (χ0v) is 19.9. The topological polar surface area (TPSA) is 111 Å². The summed E-state index contributed by atoms with van der Waals surface area (Å²) in [5.74, 6) is 1.77. The zero-order valence-electron chi connectivity index (χ0n) is 19.9. The minimum Gasteiger partial charge on any atom is -0.457 e. The van der Waals surface area contributed by atoms with Crippen LogP contribution in [-0.2, 0) is 19.5 Å². The number of nitrogens with one attached hydrogen (secondary N) is 2. The summed E-state index contributed by atoms with van der Waals surface area (Å²) in [6, 6.07) is 23.3. The van der Waals surface area contributed by atoms with Gasteiger partial charge in [0.1, 0.15) is 28.9 Å². The number of aromatic nitrogens is 4. The molecular weight excluding hydrogens is 466 g/mol. The number of fused-ring (bicyclic) bond motifs is 2. The number of rotatable bonds is 6. The zero-order chi connectivity index (χ0) is 25.2. The Morgan fingerprint density at radius 3 is 2.54 bits per heavy atom. The molecule has 0 atom stereocenters. The summed E-state index contributed by atoms with van der Waals surface area (Å²) >= 11 is 0. The molecule has 1 aliphatic heterocycles. The van der Waals surface area contributed by atoms with Gasteiger partial charge in [0.2, 0.25) is 0 Å². The van der Waals surface area contributed by atoms with Gasteiger partial charge in [-0.1, -0.05) is 30.3 Å². The van der Waals surface area contributed by atoms with E-state index in [0.29, 0.717) is 47.1 Å². The summed E-state index contributed by atoms with van der Waals surface area (Å²) in [5, 5.41) is 16.2. The number of benzene rings is 2. The van der Waals surface area contributed by atoms with Crippen molar-refractivity contribution >= 4 is 17.2 Å². The van der Waals surface area contributed by atoms with Crippen LogP contribution in [-0.4, -0.2) is 31.0 Å². The Hall–Kier alpha value is -4.94. The molecule has 5 aromatic rings. The Bertz CT molecular complexity index is 1650. The Kier molecular flexibility index (Phi) is 5.84. The average Bonchev–Trinajstić information content (AvgIpc) is 3.28. The normalized spacial score (nSPS) is 13.2. The molecule has 37 heavy (non-hydrogen) atoms. The second kappa shape index (κ2) is 9.60. The Morgan fingerprint density at radius 1 is 1.03 bits per heavy atom. The van der Waals surface area contributed by atoms with Gasteiger partial charge < -0.3 is 10.1 Å². The third kappa shape index (κ3) is 4.53. The Balaban J connectivity index is 1.26. The van der Waals surface area contributed by atoms with Crippen molar-refractivity contribution in [2.45, 2.75) is 19.5 Å². The van der Waals surface area contributed by atoms with Crippen LogP contribution in [0, 0.1) is 11.3 Å². The van der Waals surface area contributed by atoms with E-state index in [1.807, 2.05) is 42.5 Å². The molecule has 0 bridgehead atoms. The molecule has 2 aromatic carbocycles. The molecular formula is C28H23N7O2. The number of hydrogen-bond donors (Lipinski definition) is 2. The van der Waals surface area contributed by atoms with Gasteiger partial charge in [-0.05, 0) is 42.0 Å². The smallest absolute Gasteiger partial charge is 0.277 e. The van der Waals surface area contributed by atoms with Crippen LogP contribution in [0.25, 0.3) is 5.65 Å². The molecule has 0 fully saturated rings. The van der Waals surface area contributed by atoms with Crippen molar-refractivity contribution in [2.75, 3.05) is 11.9 Å². The van der Waals surface area contributed by atoms with E-state index in [9.17, 15) is 10.1 Å². The number of nitriles is 1. The maximum Gasteiger partial charge on any atom is 0.277 e. The fourth-order valence-corrected chi connectivity index (χ4v) is 4.55. The highest BCUT2D eigenvalue weighted by Crippen LogP contribution is 2.27. The number of hydrogen-bond acceptors (Lipinski definition) is 7. The second-order valence-corrected chi connectivity index (χ2v) is 8.86. The van der Waals surface area contributed by atoms with Crippen LogP contribution in [0.1, 0.15) is 22.4 Å². The molecule has 0 saturated heterocycles. The minimum absolute atomic E-state index is 0.177. The predicted octanol–water partition coefficient (Wildman–Crippen LogP) is 4.38. The molecule has 0 aliphatic carbocycles. The van der Waals surface area contributed by atoms with Crippen LogP contribution in [0.2, 0.25) is 0 Å². The van der Waals surface area contributed by atoms with E-state index in [4.69, 9.17) is 9.72 Å². The van der Waals surface area contributed by atoms with Gasteiger partial charge in [0.15, 0.2) is 5.65 Å². The molecule has 2 N–H and O–H groups in total. The first-order valence-electron chi connectivity index (χ1n) is 12.0. The molecule has 0 amide bonds. The van der Waals surface area contributed by atoms with E-state index in [1.165, 1.54) is 10.1 Å². The first kappa shape index (κ1) is 22.5. The number of nitrogens with zero attached hydrogens (tertiary/aromatic N) is 5. The molecule has 3 aromatic heterocycles. The van der Waals surface area contributed by atoms with Crippen LogP contribution in [0.15, 0.2) is 83.9 Å². The van der Waals surface area contributed by atoms with E-state index >= 15 is 0 Å². The quantitative estimate of drug-likeness (QED) is 0.364. The molecule has 0 unspecified atom stereocenters. The lowest BCUT2D eigenvalue weighted by Crippen LogP contribution is -2.36. The first-order valence-corrected chi connectivity index (χ1v) is 12.0. The van der Waals surface area contributed by atoms with Crippen molar-refractivity contribution < 1.29 is 4.74 Å². The number of ether oxygens (including phenoxy) is 1. The van der Waals surface area contributed by atoms with Crippen molar-refractivity contribution in [3.05, 3.63) is 112 Å². The van der Waals surface area contributed by atoms with Crippen molar-refractivity contribution in [3.63, 3.8) is 0 Å². The number of H-pyrrole nitrogens is 1. The van der Waals surface area contributed by atoms with Crippen LogP contribution in [0.4, 0.5) is 11.5 Å².